The minimum absolute atomic E-state index is 0.635. The second-order valence-electron chi connectivity index (χ2n) is 7.81. The lowest BCUT2D eigenvalue weighted by atomic mass is 9.96. The van der Waals surface area contributed by atoms with Crippen molar-refractivity contribution in [2.45, 2.75) is 31.2 Å². The van der Waals surface area contributed by atoms with Gasteiger partial charge in [0.15, 0.2) is 0 Å². The van der Waals surface area contributed by atoms with Gasteiger partial charge < -0.3 is 9.88 Å². The van der Waals surface area contributed by atoms with E-state index in [2.05, 4.69) is 50.2 Å². The van der Waals surface area contributed by atoms with E-state index in [4.69, 9.17) is 11.6 Å². The van der Waals surface area contributed by atoms with Gasteiger partial charge in [-0.05, 0) is 61.1 Å². The number of H-pyrrole nitrogens is 1. The van der Waals surface area contributed by atoms with E-state index in [1.807, 2.05) is 18.3 Å². The summed E-state index contributed by atoms with van der Waals surface area (Å²) in [5.74, 6) is 1.74. The maximum absolute atomic E-state index is 6.24. The second kappa shape index (κ2) is 7.17. The first-order valence-corrected chi connectivity index (χ1v) is 10.3. The summed E-state index contributed by atoms with van der Waals surface area (Å²) in [7, 11) is 0. The van der Waals surface area contributed by atoms with Crippen molar-refractivity contribution in [3.05, 3.63) is 59.4 Å². The number of hydrogen-bond donors (Lipinski definition) is 1. The summed E-state index contributed by atoms with van der Waals surface area (Å²) in [5.41, 5.74) is 2.64. The number of fused-ring (bicyclic) bond motifs is 1. The van der Waals surface area contributed by atoms with Crippen LogP contribution in [0.3, 0.4) is 0 Å². The number of benzene rings is 1. The number of rotatable bonds is 3. The van der Waals surface area contributed by atoms with Gasteiger partial charge in [-0.15, -0.1) is 0 Å². The summed E-state index contributed by atoms with van der Waals surface area (Å²) < 4.78 is 0. The van der Waals surface area contributed by atoms with Gasteiger partial charge in [0.2, 0.25) is 0 Å². The Morgan fingerprint density at radius 1 is 1.04 bits per heavy atom. The second-order valence-corrected chi connectivity index (χ2v) is 8.25. The Hall–Kier alpha value is -2.04. The molecule has 1 saturated heterocycles. The molecule has 4 nitrogen and oxygen atoms in total. The highest BCUT2D eigenvalue weighted by atomic mass is 35.5. The standard InChI is InChI=1S/C22H25ClN4/c23-17-5-7-21-19(14-17)20(15-25-21)16-4-6-18(13-16)26-9-11-27(12-10-26)22-3-1-2-8-24-22/h1-3,5,7-8,14-16,18,25H,4,6,9-13H2. The number of aromatic nitrogens is 2. The summed E-state index contributed by atoms with van der Waals surface area (Å²) in [4.78, 5) is 13.0. The van der Waals surface area contributed by atoms with Gasteiger partial charge in [0.25, 0.3) is 0 Å². The van der Waals surface area contributed by atoms with E-state index in [1.165, 1.54) is 35.7 Å². The first-order chi connectivity index (χ1) is 13.3. The minimum Gasteiger partial charge on any atom is -0.361 e. The lowest BCUT2D eigenvalue weighted by molar-refractivity contribution is 0.186. The molecule has 0 radical (unpaired) electrons. The van der Waals surface area contributed by atoms with Crippen LogP contribution in [0.4, 0.5) is 5.82 Å². The molecule has 0 spiro atoms. The summed E-state index contributed by atoms with van der Waals surface area (Å²) in [5, 5.41) is 2.12. The summed E-state index contributed by atoms with van der Waals surface area (Å²) >= 11 is 6.24. The minimum atomic E-state index is 0.635. The zero-order valence-electron chi connectivity index (χ0n) is 15.4. The third-order valence-corrected chi connectivity index (χ3v) is 6.56. The van der Waals surface area contributed by atoms with E-state index >= 15 is 0 Å². The fraction of sp³-hybridized carbons (Fsp3) is 0.409. The van der Waals surface area contributed by atoms with Gasteiger partial charge >= 0.3 is 0 Å². The van der Waals surface area contributed by atoms with E-state index < -0.39 is 0 Å². The fourth-order valence-corrected chi connectivity index (χ4v) is 5.05. The monoisotopic (exact) mass is 380 g/mol. The van der Waals surface area contributed by atoms with Crippen molar-refractivity contribution in [1.82, 2.24) is 14.9 Å². The van der Waals surface area contributed by atoms with Crippen molar-refractivity contribution in [3.8, 4) is 0 Å². The molecule has 2 unspecified atom stereocenters. The van der Waals surface area contributed by atoms with Crippen LogP contribution in [0.15, 0.2) is 48.8 Å². The molecule has 140 valence electrons. The van der Waals surface area contributed by atoms with E-state index in [-0.39, 0.29) is 0 Å². The van der Waals surface area contributed by atoms with Crippen LogP contribution in [-0.4, -0.2) is 47.1 Å². The molecule has 1 aromatic carbocycles. The zero-order chi connectivity index (χ0) is 18.2. The molecule has 1 N–H and O–H groups in total. The van der Waals surface area contributed by atoms with Crippen molar-refractivity contribution in [2.24, 2.45) is 0 Å². The molecule has 27 heavy (non-hydrogen) atoms. The fourth-order valence-electron chi connectivity index (χ4n) is 4.88. The summed E-state index contributed by atoms with van der Waals surface area (Å²) in [6, 6.07) is 13.0. The first-order valence-electron chi connectivity index (χ1n) is 9.94. The van der Waals surface area contributed by atoms with Crippen molar-refractivity contribution < 1.29 is 0 Å². The zero-order valence-corrected chi connectivity index (χ0v) is 16.2. The number of nitrogens with zero attached hydrogens (tertiary/aromatic N) is 3. The molecule has 5 rings (SSSR count). The average molecular weight is 381 g/mol. The van der Waals surface area contributed by atoms with Gasteiger partial charge in [-0.3, -0.25) is 4.90 Å². The van der Waals surface area contributed by atoms with E-state index in [0.717, 1.165) is 37.0 Å². The molecule has 2 aliphatic rings. The van der Waals surface area contributed by atoms with Crippen molar-refractivity contribution in [2.75, 3.05) is 31.1 Å². The molecule has 0 amide bonds. The normalized spacial score (nSPS) is 24.0. The van der Waals surface area contributed by atoms with Crippen molar-refractivity contribution >= 4 is 28.3 Å². The molecular formula is C22H25ClN4. The van der Waals surface area contributed by atoms with Crippen molar-refractivity contribution in [3.63, 3.8) is 0 Å². The molecule has 3 aromatic rings. The molecule has 5 heteroatoms. The molecule has 1 saturated carbocycles. The Morgan fingerprint density at radius 2 is 1.93 bits per heavy atom. The lowest BCUT2D eigenvalue weighted by Crippen LogP contribution is -2.50. The summed E-state index contributed by atoms with van der Waals surface area (Å²) in [6.45, 7) is 4.41. The van der Waals surface area contributed by atoms with Gasteiger partial charge in [-0.25, -0.2) is 4.98 Å². The van der Waals surface area contributed by atoms with Crippen LogP contribution in [-0.2, 0) is 0 Å². The Kier molecular flexibility index (Phi) is 4.54. The van der Waals surface area contributed by atoms with Crippen molar-refractivity contribution in [1.29, 1.82) is 0 Å². The van der Waals surface area contributed by atoms with Gasteiger partial charge in [0.05, 0.1) is 0 Å². The number of hydrogen-bond acceptors (Lipinski definition) is 3. The highest BCUT2D eigenvalue weighted by molar-refractivity contribution is 6.31. The van der Waals surface area contributed by atoms with E-state index in [9.17, 15) is 0 Å². The molecule has 2 aromatic heterocycles. The van der Waals surface area contributed by atoms with Gasteiger partial charge in [-0.2, -0.15) is 0 Å². The van der Waals surface area contributed by atoms with Gasteiger partial charge in [-0.1, -0.05) is 17.7 Å². The average Bonchev–Trinajstić information content (AvgIpc) is 3.35. The Bertz CT molecular complexity index is 914. The smallest absolute Gasteiger partial charge is 0.128 e. The van der Waals surface area contributed by atoms with Crippen LogP contribution in [0.1, 0.15) is 30.7 Å². The van der Waals surface area contributed by atoms with Crippen LogP contribution in [0, 0.1) is 0 Å². The maximum atomic E-state index is 6.24. The summed E-state index contributed by atoms with van der Waals surface area (Å²) in [6.07, 6.45) is 7.90. The number of piperazine rings is 1. The molecule has 2 atom stereocenters. The van der Waals surface area contributed by atoms with E-state index in [1.54, 1.807) is 0 Å². The molecule has 1 aliphatic carbocycles. The number of pyridine rings is 1. The Labute approximate surface area is 165 Å². The number of nitrogens with one attached hydrogen (secondary N) is 1. The Balaban J connectivity index is 1.24. The van der Waals surface area contributed by atoms with Crippen LogP contribution in [0.2, 0.25) is 5.02 Å². The predicted molar refractivity (Wildman–Crippen MR) is 112 cm³/mol. The molecule has 1 aliphatic heterocycles. The molecule has 3 heterocycles. The van der Waals surface area contributed by atoms with Gasteiger partial charge in [0, 0.05) is 60.5 Å². The number of aromatic amines is 1. The van der Waals surface area contributed by atoms with Crippen LogP contribution < -0.4 is 4.90 Å². The lowest BCUT2D eigenvalue weighted by Gasteiger charge is -2.38. The Morgan fingerprint density at radius 3 is 2.74 bits per heavy atom. The first kappa shape index (κ1) is 17.1. The SMILES string of the molecule is Clc1ccc2[nH]cc(C3CCC(N4CCN(c5ccccn5)CC4)C3)c2c1. The van der Waals surface area contributed by atoms with Gasteiger partial charge in [0.1, 0.15) is 5.82 Å². The quantitative estimate of drug-likeness (QED) is 0.716. The van der Waals surface area contributed by atoms with Crippen LogP contribution in [0.25, 0.3) is 10.9 Å². The predicted octanol–water partition coefficient (Wildman–Crippen LogP) is 4.67. The van der Waals surface area contributed by atoms with Crippen LogP contribution >= 0.6 is 11.6 Å². The molecule has 2 fully saturated rings. The maximum Gasteiger partial charge on any atom is 0.128 e. The topological polar surface area (TPSA) is 35.2 Å². The number of halogens is 1. The highest BCUT2D eigenvalue weighted by Crippen LogP contribution is 2.40. The third kappa shape index (κ3) is 3.32. The molecule has 0 bridgehead atoms. The third-order valence-electron chi connectivity index (χ3n) is 6.32. The molecular weight excluding hydrogens is 356 g/mol. The van der Waals surface area contributed by atoms with E-state index in [0.29, 0.717) is 12.0 Å². The highest BCUT2D eigenvalue weighted by Gasteiger charge is 2.33. The largest absolute Gasteiger partial charge is 0.361 e. The number of anilines is 1. The van der Waals surface area contributed by atoms with Crippen LogP contribution in [0.5, 0.6) is 0 Å².